The molecule has 0 aromatic carbocycles. The third-order valence-electron chi connectivity index (χ3n) is 2.33. The van der Waals surface area contributed by atoms with Crippen molar-refractivity contribution in [1.29, 1.82) is 5.26 Å². The monoisotopic (exact) mass is 239 g/mol. The molecule has 0 aliphatic heterocycles. The number of hydrogen-bond donors (Lipinski definition) is 1. The summed E-state index contributed by atoms with van der Waals surface area (Å²) in [6, 6.07) is 2.10. The Bertz CT molecular complexity index is 404. The zero-order valence-electron chi connectivity index (χ0n) is 10.1. The molecule has 1 heterocycles. The van der Waals surface area contributed by atoms with E-state index < -0.39 is 5.54 Å². The second-order valence-electron chi connectivity index (χ2n) is 4.25. The van der Waals surface area contributed by atoms with Crippen LogP contribution in [0.4, 0.5) is 0 Å². The second-order valence-corrected chi connectivity index (χ2v) is 5.66. The summed E-state index contributed by atoms with van der Waals surface area (Å²) in [5.41, 5.74) is 5.02. The van der Waals surface area contributed by atoms with Crippen LogP contribution >= 0.6 is 11.8 Å². The van der Waals surface area contributed by atoms with Crippen LogP contribution in [0.25, 0.3) is 0 Å². The molecule has 0 bridgehead atoms. The largest absolute Gasteiger partial charge is 0.314 e. The molecule has 2 atom stereocenters. The van der Waals surface area contributed by atoms with Crippen LogP contribution in [0.1, 0.15) is 26.1 Å². The van der Waals surface area contributed by atoms with Gasteiger partial charge in [-0.25, -0.2) is 0 Å². The van der Waals surface area contributed by atoms with Gasteiger partial charge in [0.2, 0.25) is 0 Å². The number of nitriles is 1. The van der Waals surface area contributed by atoms with Gasteiger partial charge in [-0.1, -0.05) is 18.7 Å². The van der Waals surface area contributed by atoms with E-state index in [1.165, 1.54) is 0 Å². The molecule has 0 aliphatic rings. The van der Waals surface area contributed by atoms with E-state index in [1.54, 1.807) is 18.7 Å². The van der Waals surface area contributed by atoms with Crippen LogP contribution in [-0.4, -0.2) is 25.6 Å². The van der Waals surface area contributed by atoms with E-state index in [0.29, 0.717) is 6.42 Å². The maximum Gasteiger partial charge on any atom is 0.191 e. The highest BCUT2D eigenvalue weighted by atomic mass is 32.2. The summed E-state index contributed by atoms with van der Waals surface area (Å²) < 4.78 is 1.93. The van der Waals surface area contributed by atoms with E-state index in [0.717, 1.165) is 11.0 Å². The molecule has 0 saturated heterocycles. The molecule has 0 amide bonds. The van der Waals surface area contributed by atoms with E-state index in [-0.39, 0.29) is 5.25 Å². The molecule has 88 valence electrons. The van der Waals surface area contributed by atoms with Gasteiger partial charge in [-0.05, 0) is 20.3 Å². The summed E-state index contributed by atoms with van der Waals surface area (Å²) in [7, 11) is 1.93. The van der Waals surface area contributed by atoms with Crippen molar-refractivity contribution in [2.24, 2.45) is 12.8 Å². The van der Waals surface area contributed by atoms with Crippen LogP contribution in [-0.2, 0) is 7.05 Å². The molecule has 1 aromatic heterocycles. The van der Waals surface area contributed by atoms with Crippen LogP contribution in [0.3, 0.4) is 0 Å². The maximum absolute atomic E-state index is 8.85. The number of thioether (sulfide) groups is 1. The fourth-order valence-electron chi connectivity index (χ4n) is 1.35. The topological polar surface area (TPSA) is 80.5 Å². The minimum atomic E-state index is -0.778. The minimum Gasteiger partial charge on any atom is -0.314 e. The summed E-state index contributed by atoms with van der Waals surface area (Å²) >= 11 is 1.59. The summed E-state index contributed by atoms with van der Waals surface area (Å²) in [5.74, 6) is 0.880. The molecule has 1 aromatic rings. The van der Waals surface area contributed by atoms with Gasteiger partial charge in [0.15, 0.2) is 5.16 Å². The molecular formula is C10H17N5S. The van der Waals surface area contributed by atoms with Crippen LogP contribution in [0.2, 0.25) is 0 Å². The third-order valence-corrected chi connectivity index (χ3v) is 3.46. The maximum atomic E-state index is 8.85. The van der Waals surface area contributed by atoms with Gasteiger partial charge in [0, 0.05) is 12.3 Å². The number of hydrogen-bond acceptors (Lipinski definition) is 5. The lowest BCUT2D eigenvalue weighted by atomic mass is 10.00. The number of aryl methyl sites for hydroxylation is 1. The predicted molar refractivity (Wildman–Crippen MR) is 63.9 cm³/mol. The zero-order valence-corrected chi connectivity index (χ0v) is 10.9. The van der Waals surface area contributed by atoms with Gasteiger partial charge in [-0.15, -0.1) is 10.2 Å². The van der Waals surface area contributed by atoms with E-state index >= 15 is 0 Å². The number of nitrogens with zero attached hydrogens (tertiary/aromatic N) is 4. The van der Waals surface area contributed by atoms with Crippen LogP contribution in [0, 0.1) is 18.3 Å². The third kappa shape index (κ3) is 3.22. The summed E-state index contributed by atoms with van der Waals surface area (Å²) in [4.78, 5) is 0. The molecule has 2 unspecified atom stereocenters. The van der Waals surface area contributed by atoms with Crippen molar-refractivity contribution >= 4 is 11.8 Å². The van der Waals surface area contributed by atoms with Crippen LogP contribution in [0.15, 0.2) is 5.16 Å². The summed E-state index contributed by atoms with van der Waals surface area (Å²) in [5, 5.41) is 18.0. The van der Waals surface area contributed by atoms with Crippen molar-refractivity contribution in [3.8, 4) is 6.07 Å². The molecular weight excluding hydrogens is 222 g/mol. The SMILES string of the molecule is Cc1nnc(SC(C)CC(C)(N)C#N)n1C. The number of aromatic nitrogens is 3. The predicted octanol–water partition coefficient (Wildman–Crippen LogP) is 1.24. The Morgan fingerprint density at radius 2 is 2.25 bits per heavy atom. The van der Waals surface area contributed by atoms with Gasteiger partial charge in [0.1, 0.15) is 11.4 Å². The zero-order chi connectivity index (χ0) is 12.3. The molecule has 1 rings (SSSR count). The highest BCUT2D eigenvalue weighted by Gasteiger charge is 2.22. The molecule has 6 heteroatoms. The van der Waals surface area contributed by atoms with Crippen molar-refractivity contribution in [3.05, 3.63) is 5.82 Å². The van der Waals surface area contributed by atoms with Gasteiger partial charge < -0.3 is 10.3 Å². The Kier molecular flexibility index (Phi) is 3.94. The first-order valence-corrected chi connectivity index (χ1v) is 5.96. The molecule has 5 nitrogen and oxygen atoms in total. The summed E-state index contributed by atoms with van der Waals surface area (Å²) in [6.07, 6.45) is 0.625. The first kappa shape index (κ1) is 13.0. The smallest absolute Gasteiger partial charge is 0.191 e. The van der Waals surface area contributed by atoms with E-state index in [4.69, 9.17) is 11.0 Å². The van der Waals surface area contributed by atoms with Crippen LogP contribution in [0.5, 0.6) is 0 Å². The lowest BCUT2D eigenvalue weighted by molar-refractivity contribution is 0.544. The Balaban J connectivity index is 2.63. The van der Waals surface area contributed by atoms with Gasteiger partial charge in [-0.2, -0.15) is 5.26 Å². The van der Waals surface area contributed by atoms with Crippen molar-refractivity contribution < 1.29 is 0 Å². The van der Waals surface area contributed by atoms with E-state index in [1.807, 2.05) is 25.5 Å². The molecule has 0 fully saturated rings. The fraction of sp³-hybridized carbons (Fsp3) is 0.700. The molecule has 0 radical (unpaired) electrons. The summed E-state index contributed by atoms with van der Waals surface area (Å²) in [6.45, 7) is 5.69. The molecule has 0 aliphatic carbocycles. The number of nitrogens with two attached hydrogens (primary N) is 1. The lowest BCUT2D eigenvalue weighted by Gasteiger charge is -2.19. The Hall–Kier alpha value is -1.06. The lowest BCUT2D eigenvalue weighted by Crippen LogP contribution is -2.36. The first-order chi connectivity index (χ1) is 7.35. The van der Waals surface area contributed by atoms with E-state index in [9.17, 15) is 0 Å². The quantitative estimate of drug-likeness (QED) is 0.799. The Labute approximate surface area is 100 Å². The standard InChI is InChI=1S/C10H17N5S/c1-7(5-10(3,12)6-11)16-9-14-13-8(2)15(9)4/h7H,5,12H2,1-4H3. The molecule has 16 heavy (non-hydrogen) atoms. The number of rotatable bonds is 4. The van der Waals surface area contributed by atoms with Crippen molar-refractivity contribution in [1.82, 2.24) is 14.8 Å². The van der Waals surface area contributed by atoms with Gasteiger partial charge >= 0.3 is 0 Å². The van der Waals surface area contributed by atoms with E-state index in [2.05, 4.69) is 16.3 Å². The Morgan fingerprint density at radius 3 is 2.69 bits per heavy atom. The molecule has 0 spiro atoms. The van der Waals surface area contributed by atoms with Gasteiger partial charge in [0.25, 0.3) is 0 Å². The van der Waals surface area contributed by atoms with Crippen LogP contribution < -0.4 is 5.73 Å². The highest BCUT2D eigenvalue weighted by molar-refractivity contribution is 7.99. The fourth-order valence-corrected chi connectivity index (χ4v) is 2.52. The minimum absolute atomic E-state index is 0.233. The van der Waals surface area contributed by atoms with Crippen molar-refractivity contribution in [2.75, 3.05) is 0 Å². The molecule has 2 N–H and O–H groups in total. The van der Waals surface area contributed by atoms with Crippen molar-refractivity contribution in [3.63, 3.8) is 0 Å². The highest BCUT2D eigenvalue weighted by Crippen LogP contribution is 2.26. The van der Waals surface area contributed by atoms with Crippen molar-refractivity contribution in [2.45, 2.75) is 43.1 Å². The van der Waals surface area contributed by atoms with Gasteiger partial charge in [0.05, 0.1) is 6.07 Å². The normalized spacial score (nSPS) is 16.5. The molecule has 0 saturated carbocycles. The average Bonchev–Trinajstić information content (AvgIpc) is 2.49. The first-order valence-electron chi connectivity index (χ1n) is 5.08. The van der Waals surface area contributed by atoms with Gasteiger partial charge in [-0.3, -0.25) is 0 Å². The average molecular weight is 239 g/mol. The Morgan fingerprint density at radius 1 is 1.62 bits per heavy atom. The second kappa shape index (κ2) is 4.85.